The van der Waals surface area contributed by atoms with Crippen LogP contribution in [0.15, 0.2) is 29.2 Å². The topological polar surface area (TPSA) is 98.9 Å². The van der Waals surface area contributed by atoms with Crippen molar-refractivity contribution in [1.82, 2.24) is 4.90 Å². The molecule has 0 spiro atoms. The molecule has 26 heavy (non-hydrogen) atoms. The molecule has 1 aromatic rings. The first-order chi connectivity index (χ1) is 12.5. The van der Waals surface area contributed by atoms with Crippen molar-refractivity contribution in [3.8, 4) is 5.75 Å². The van der Waals surface area contributed by atoms with E-state index < -0.39 is 17.9 Å². The monoisotopic (exact) mass is 380 g/mol. The lowest BCUT2D eigenvalue weighted by atomic mass is 10.0. The lowest BCUT2D eigenvalue weighted by Crippen LogP contribution is -2.51. The van der Waals surface area contributed by atoms with Gasteiger partial charge in [0.05, 0.1) is 12.4 Å². The highest BCUT2D eigenvalue weighted by Gasteiger charge is 2.30. The van der Waals surface area contributed by atoms with E-state index >= 15 is 0 Å². The van der Waals surface area contributed by atoms with E-state index in [-0.39, 0.29) is 18.3 Å². The highest BCUT2D eigenvalue weighted by molar-refractivity contribution is 8.00. The highest BCUT2D eigenvalue weighted by Crippen LogP contribution is 2.22. The maximum atomic E-state index is 12.2. The van der Waals surface area contributed by atoms with Crippen molar-refractivity contribution in [2.24, 2.45) is 5.73 Å². The number of benzene rings is 1. The zero-order chi connectivity index (χ0) is 18.9. The molecule has 2 rings (SSSR count). The molecule has 1 aromatic carbocycles. The smallest absolute Gasteiger partial charge is 0.316 e. The molecular weight excluding hydrogens is 356 g/mol. The average Bonchev–Trinajstić information content (AvgIpc) is 2.65. The molecule has 1 heterocycles. The fourth-order valence-electron chi connectivity index (χ4n) is 2.73. The van der Waals surface area contributed by atoms with Crippen molar-refractivity contribution in [3.05, 3.63) is 24.3 Å². The van der Waals surface area contributed by atoms with Crippen LogP contribution < -0.4 is 10.5 Å². The van der Waals surface area contributed by atoms with Crippen LogP contribution in [0.3, 0.4) is 0 Å². The van der Waals surface area contributed by atoms with Gasteiger partial charge in [0.1, 0.15) is 11.8 Å². The van der Waals surface area contributed by atoms with Crippen LogP contribution >= 0.6 is 11.8 Å². The highest BCUT2D eigenvalue weighted by atomic mass is 32.2. The van der Waals surface area contributed by atoms with Crippen molar-refractivity contribution in [2.75, 3.05) is 25.5 Å². The normalized spacial score (nSPS) is 16.8. The summed E-state index contributed by atoms with van der Waals surface area (Å²) in [6, 6.07) is 6.79. The molecule has 1 saturated heterocycles. The average molecular weight is 380 g/mol. The fraction of sp³-hybridized carbons (Fsp3) is 0.500. The summed E-state index contributed by atoms with van der Waals surface area (Å²) in [7, 11) is 0. The second kappa shape index (κ2) is 10.1. The number of piperidine rings is 1. The molecule has 0 aromatic heterocycles. The Hall–Kier alpha value is -2.22. The Bertz CT molecular complexity index is 635. The first-order valence-electron chi connectivity index (χ1n) is 8.61. The SMILES string of the molecule is CCOc1ccc(SCC(=O)OCC(=O)N2CCCC[C@H]2C(N)=O)cc1. The molecule has 1 aliphatic rings. The van der Waals surface area contributed by atoms with Gasteiger partial charge in [0.15, 0.2) is 6.61 Å². The standard InChI is InChI=1S/C18H24N2O5S/c1-2-24-13-6-8-14(9-7-13)26-12-17(22)25-11-16(21)20-10-4-3-5-15(20)18(19)23/h6-9,15H,2-5,10-12H2,1H3,(H2,19,23)/t15-/m0/s1. The van der Waals surface area contributed by atoms with E-state index in [2.05, 4.69) is 0 Å². The van der Waals surface area contributed by atoms with Crippen LogP contribution in [0.2, 0.25) is 0 Å². The minimum absolute atomic E-state index is 0.0977. The molecule has 1 atom stereocenters. The first kappa shape index (κ1) is 20.1. The molecule has 1 aliphatic heterocycles. The van der Waals surface area contributed by atoms with Crippen LogP contribution in [-0.4, -0.2) is 54.2 Å². The van der Waals surface area contributed by atoms with Gasteiger partial charge in [-0.25, -0.2) is 0 Å². The summed E-state index contributed by atoms with van der Waals surface area (Å²) in [6.07, 6.45) is 2.23. The number of carbonyl (C=O) groups is 3. The van der Waals surface area contributed by atoms with Gasteiger partial charge >= 0.3 is 5.97 Å². The maximum Gasteiger partial charge on any atom is 0.316 e. The summed E-state index contributed by atoms with van der Waals surface area (Å²) in [5.41, 5.74) is 5.34. The van der Waals surface area contributed by atoms with Crippen molar-refractivity contribution in [3.63, 3.8) is 0 Å². The maximum absolute atomic E-state index is 12.2. The molecule has 142 valence electrons. The van der Waals surface area contributed by atoms with Crippen LogP contribution in [0.5, 0.6) is 5.75 Å². The molecule has 0 radical (unpaired) electrons. The summed E-state index contributed by atoms with van der Waals surface area (Å²) in [6.45, 7) is 2.60. The first-order valence-corrected chi connectivity index (χ1v) is 9.60. The largest absolute Gasteiger partial charge is 0.494 e. The van der Waals surface area contributed by atoms with Crippen LogP contribution in [0.1, 0.15) is 26.2 Å². The number of thioether (sulfide) groups is 1. The van der Waals surface area contributed by atoms with Crippen molar-refractivity contribution in [1.29, 1.82) is 0 Å². The molecular formula is C18H24N2O5S. The molecule has 0 unspecified atom stereocenters. The number of hydrogen-bond donors (Lipinski definition) is 1. The van der Waals surface area contributed by atoms with Gasteiger partial charge in [-0.3, -0.25) is 14.4 Å². The van der Waals surface area contributed by atoms with Gasteiger partial charge in [-0.15, -0.1) is 11.8 Å². The Morgan fingerprint density at radius 3 is 2.62 bits per heavy atom. The van der Waals surface area contributed by atoms with Gasteiger partial charge in [0.25, 0.3) is 5.91 Å². The lowest BCUT2D eigenvalue weighted by Gasteiger charge is -2.33. The molecule has 7 nitrogen and oxygen atoms in total. The molecule has 8 heteroatoms. The van der Waals surface area contributed by atoms with E-state index in [0.29, 0.717) is 19.6 Å². The van der Waals surface area contributed by atoms with Gasteiger partial charge < -0.3 is 20.1 Å². The summed E-state index contributed by atoms with van der Waals surface area (Å²) in [4.78, 5) is 37.8. The molecule has 2 amide bonds. The zero-order valence-electron chi connectivity index (χ0n) is 14.8. The molecule has 0 bridgehead atoms. The number of esters is 1. The summed E-state index contributed by atoms with van der Waals surface area (Å²) >= 11 is 1.32. The van der Waals surface area contributed by atoms with Gasteiger partial charge in [-0.2, -0.15) is 0 Å². The number of likely N-dealkylation sites (tertiary alicyclic amines) is 1. The number of nitrogens with zero attached hydrogens (tertiary/aromatic N) is 1. The third-order valence-corrected chi connectivity index (χ3v) is 4.99. The Kier molecular flexibility index (Phi) is 7.77. The number of amides is 2. The van der Waals surface area contributed by atoms with Crippen LogP contribution in [0.25, 0.3) is 0 Å². The Labute approximate surface area is 157 Å². The lowest BCUT2D eigenvalue weighted by molar-refractivity contribution is -0.153. The summed E-state index contributed by atoms with van der Waals surface area (Å²) < 4.78 is 10.4. The van der Waals surface area contributed by atoms with Crippen LogP contribution in [-0.2, 0) is 19.1 Å². The minimum atomic E-state index is -0.604. The number of rotatable bonds is 8. The van der Waals surface area contributed by atoms with Crippen molar-refractivity contribution >= 4 is 29.5 Å². The van der Waals surface area contributed by atoms with Crippen LogP contribution in [0, 0.1) is 0 Å². The van der Waals surface area contributed by atoms with Gasteiger partial charge in [0, 0.05) is 11.4 Å². The molecule has 0 aliphatic carbocycles. The number of hydrogen-bond acceptors (Lipinski definition) is 6. The third-order valence-electron chi connectivity index (χ3n) is 4.00. The number of ether oxygens (including phenoxy) is 2. The zero-order valence-corrected chi connectivity index (χ0v) is 15.6. The molecule has 1 fully saturated rings. The van der Waals surface area contributed by atoms with Crippen LogP contribution in [0.4, 0.5) is 0 Å². The molecule has 2 N–H and O–H groups in total. The third kappa shape index (κ3) is 5.94. The van der Waals surface area contributed by atoms with E-state index in [9.17, 15) is 14.4 Å². The Balaban J connectivity index is 1.75. The Morgan fingerprint density at radius 2 is 1.96 bits per heavy atom. The quantitative estimate of drug-likeness (QED) is 0.543. The number of primary amides is 1. The van der Waals surface area contributed by atoms with Gasteiger partial charge in [0.2, 0.25) is 5.91 Å². The Morgan fingerprint density at radius 1 is 1.23 bits per heavy atom. The predicted octanol–water partition coefficient (Wildman–Crippen LogP) is 1.59. The minimum Gasteiger partial charge on any atom is -0.494 e. The summed E-state index contributed by atoms with van der Waals surface area (Å²) in [5.74, 6) is -0.510. The van der Waals surface area contributed by atoms with Crippen molar-refractivity contribution < 1.29 is 23.9 Å². The van der Waals surface area contributed by atoms with E-state index in [1.807, 2.05) is 31.2 Å². The van der Waals surface area contributed by atoms with E-state index in [1.54, 1.807) is 0 Å². The van der Waals surface area contributed by atoms with Gasteiger partial charge in [-0.1, -0.05) is 0 Å². The predicted molar refractivity (Wildman–Crippen MR) is 97.8 cm³/mol. The van der Waals surface area contributed by atoms with E-state index in [1.165, 1.54) is 16.7 Å². The molecule has 0 saturated carbocycles. The van der Waals surface area contributed by atoms with E-state index in [0.717, 1.165) is 23.5 Å². The summed E-state index contributed by atoms with van der Waals surface area (Å²) in [5, 5.41) is 0. The number of carbonyl (C=O) groups excluding carboxylic acids is 3. The van der Waals surface area contributed by atoms with E-state index in [4.69, 9.17) is 15.2 Å². The second-order valence-corrected chi connectivity index (χ2v) is 6.90. The van der Waals surface area contributed by atoms with Gasteiger partial charge in [-0.05, 0) is 50.5 Å². The second-order valence-electron chi connectivity index (χ2n) is 5.85. The number of nitrogens with two attached hydrogens (primary N) is 1. The van der Waals surface area contributed by atoms with Crippen molar-refractivity contribution in [2.45, 2.75) is 37.1 Å². The fourth-order valence-corrected chi connectivity index (χ4v) is 3.43.